The number of hydrogen-bond donors (Lipinski definition) is 2. The summed E-state index contributed by atoms with van der Waals surface area (Å²) in [5.74, 6) is -0.780. The Hall–Kier alpha value is -0.870. The van der Waals surface area contributed by atoms with E-state index in [2.05, 4.69) is 5.32 Å². The van der Waals surface area contributed by atoms with Crippen molar-refractivity contribution in [2.45, 2.75) is 25.9 Å². The topological polar surface area (TPSA) is 49.3 Å². The van der Waals surface area contributed by atoms with E-state index in [0.29, 0.717) is 13.0 Å². The van der Waals surface area contributed by atoms with E-state index in [1.807, 2.05) is 23.8 Å². The Morgan fingerprint density at radius 3 is 3.00 bits per heavy atom. The van der Waals surface area contributed by atoms with Crippen molar-refractivity contribution >= 4 is 17.3 Å². The number of nitrogens with one attached hydrogen (secondary N) is 1. The molecule has 1 heterocycles. The highest BCUT2D eigenvalue weighted by Gasteiger charge is 2.13. The van der Waals surface area contributed by atoms with Gasteiger partial charge in [0, 0.05) is 6.54 Å². The minimum Gasteiger partial charge on any atom is -0.480 e. The smallest absolute Gasteiger partial charge is 0.320 e. The Morgan fingerprint density at radius 2 is 2.54 bits per heavy atom. The number of rotatable bonds is 5. The minimum absolute atomic E-state index is 0.431. The molecule has 0 bridgehead atoms. The Bertz CT molecular complexity index is 259. The molecule has 0 saturated heterocycles. The minimum atomic E-state index is -0.780. The summed E-state index contributed by atoms with van der Waals surface area (Å²) in [7, 11) is 0. The molecule has 13 heavy (non-hydrogen) atoms. The van der Waals surface area contributed by atoms with Crippen molar-refractivity contribution in [1.29, 1.82) is 0 Å². The molecule has 4 heteroatoms. The van der Waals surface area contributed by atoms with Gasteiger partial charge < -0.3 is 10.4 Å². The molecule has 0 aliphatic carbocycles. The van der Waals surface area contributed by atoms with E-state index in [0.717, 1.165) is 5.56 Å². The zero-order valence-corrected chi connectivity index (χ0v) is 8.30. The molecule has 0 aliphatic rings. The Kier molecular flexibility index (Phi) is 3.92. The summed E-state index contributed by atoms with van der Waals surface area (Å²) in [5, 5.41) is 15.7. The van der Waals surface area contributed by atoms with Gasteiger partial charge in [-0.3, -0.25) is 4.79 Å². The van der Waals surface area contributed by atoms with Crippen molar-refractivity contribution in [3.8, 4) is 0 Å². The van der Waals surface area contributed by atoms with Crippen molar-refractivity contribution in [2.75, 3.05) is 0 Å². The highest BCUT2D eigenvalue weighted by atomic mass is 32.1. The van der Waals surface area contributed by atoms with E-state index in [1.165, 1.54) is 0 Å². The predicted octanol–water partition coefficient (Wildman–Crippen LogP) is 1.70. The lowest BCUT2D eigenvalue weighted by molar-refractivity contribution is -0.139. The molecule has 3 nitrogen and oxygen atoms in total. The number of aliphatic carboxylic acids is 1. The molecule has 0 aliphatic heterocycles. The van der Waals surface area contributed by atoms with E-state index in [1.54, 1.807) is 11.3 Å². The van der Waals surface area contributed by atoms with Gasteiger partial charge in [-0.2, -0.15) is 11.3 Å². The van der Waals surface area contributed by atoms with Gasteiger partial charge >= 0.3 is 5.97 Å². The van der Waals surface area contributed by atoms with Gasteiger partial charge in [-0.1, -0.05) is 6.92 Å². The molecule has 0 fully saturated rings. The van der Waals surface area contributed by atoms with Crippen molar-refractivity contribution in [1.82, 2.24) is 5.32 Å². The normalized spacial score (nSPS) is 12.7. The maximum Gasteiger partial charge on any atom is 0.320 e. The lowest BCUT2D eigenvalue weighted by Crippen LogP contribution is -2.35. The first kappa shape index (κ1) is 10.2. The van der Waals surface area contributed by atoms with Crippen molar-refractivity contribution in [2.24, 2.45) is 0 Å². The molecule has 0 saturated carbocycles. The van der Waals surface area contributed by atoms with Crippen LogP contribution in [0.25, 0.3) is 0 Å². The fraction of sp³-hybridized carbons (Fsp3) is 0.444. The van der Waals surface area contributed by atoms with Crippen LogP contribution >= 0.6 is 11.3 Å². The zero-order valence-electron chi connectivity index (χ0n) is 7.49. The summed E-state index contributed by atoms with van der Waals surface area (Å²) < 4.78 is 0. The average molecular weight is 199 g/mol. The van der Waals surface area contributed by atoms with Crippen LogP contribution in [0.2, 0.25) is 0 Å². The molecule has 0 radical (unpaired) electrons. The number of carboxylic acids is 1. The summed E-state index contributed by atoms with van der Waals surface area (Å²) in [4.78, 5) is 10.6. The van der Waals surface area contributed by atoms with Crippen LogP contribution in [0.4, 0.5) is 0 Å². The van der Waals surface area contributed by atoms with E-state index in [9.17, 15) is 4.79 Å². The lowest BCUT2D eigenvalue weighted by atomic mass is 10.2. The first-order valence-corrected chi connectivity index (χ1v) is 5.15. The van der Waals surface area contributed by atoms with Crippen molar-refractivity contribution in [3.63, 3.8) is 0 Å². The van der Waals surface area contributed by atoms with Crippen LogP contribution in [0.1, 0.15) is 18.9 Å². The largest absolute Gasteiger partial charge is 0.480 e. The van der Waals surface area contributed by atoms with Gasteiger partial charge in [-0.25, -0.2) is 0 Å². The Morgan fingerprint density at radius 1 is 1.77 bits per heavy atom. The molecule has 0 spiro atoms. The zero-order chi connectivity index (χ0) is 9.68. The summed E-state index contributed by atoms with van der Waals surface area (Å²) in [5.41, 5.74) is 1.14. The standard InChI is InChI=1S/C9H13NO2S/c1-2-8(9(11)12)10-5-7-3-4-13-6-7/h3-4,6,8,10H,2,5H2,1H3,(H,11,12). The van der Waals surface area contributed by atoms with E-state index in [-0.39, 0.29) is 0 Å². The fourth-order valence-electron chi connectivity index (χ4n) is 1.04. The summed E-state index contributed by atoms with van der Waals surface area (Å²) >= 11 is 1.62. The second-order valence-corrected chi connectivity index (χ2v) is 3.59. The van der Waals surface area contributed by atoms with E-state index >= 15 is 0 Å². The second kappa shape index (κ2) is 4.99. The Balaban J connectivity index is 2.36. The third-order valence-corrected chi connectivity index (χ3v) is 2.57. The number of thiophene rings is 1. The summed E-state index contributed by atoms with van der Waals surface area (Å²) in [6, 6.07) is 1.56. The number of carboxylic acid groups (broad SMARTS) is 1. The van der Waals surface area contributed by atoms with Crippen LogP contribution in [0, 0.1) is 0 Å². The van der Waals surface area contributed by atoms with Crippen LogP contribution < -0.4 is 5.32 Å². The molecule has 1 atom stereocenters. The molecule has 1 rings (SSSR count). The first-order chi connectivity index (χ1) is 6.24. The number of carbonyl (C=O) groups is 1. The average Bonchev–Trinajstić information content (AvgIpc) is 2.57. The first-order valence-electron chi connectivity index (χ1n) is 4.21. The van der Waals surface area contributed by atoms with Gasteiger partial charge in [0.05, 0.1) is 0 Å². The fourth-order valence-corrected chi connectivity index (χ4v) is 1.71. The molecule has 72 valence electrons. The van der Waals surface area contributed by atoms with Gasteiger partial charge in [-0.05, 0) is 28.8 Å². The van der Waals surface area contributed by atoms with Gasteiger partial charge in [0.1, 0.15) is 6.04 Å². The number of hydrogen-bond acceptors (Lipinski definition) is 3. The van der Waals surface area contributed by atoms with Crippen LogP contribution in [0.15, 0.2) is 16.8 Å². The second-order valence-electron chi connectivity index (χ2n) is 2.81. The van der Waals surface area contributed by atoms with Crippen molar-refractivity contribution < 1.29 is 9.90 Å². The van der Waals surface area contributed by atoms with E-state index < -0.39 is 12.0 Å². The quantitative estimate of drug-likeness (QED) is 0.759. The molecular formula is C9H13NO2S. The van der Waals surface area contributed by atoms with Gasteiger partial charge in [-0.15, -0.1) is 0 Å². The van der Waals surface area contributed by atoms with E-state index in [4.69, 9.17) is 5.11 Å². The maximum atomic E-state index is 10.6. The summed E-state index contributed by atoms with van der Waals surface area (Å²) in [6.45, 7) is 2.49. The molecule has 1 aromatic heterocycles. The van der Waals surface area contributed by atoms with Crippen LogP contribution in [-0.2, 0) is 11.3 Å². The van der Waals surface area contributed by atoms with Crippen LogP contribution in [0.5, 0.6) is 0 Å². The summed E-state index contributed by atoms with van der Waals surface area (Å²) in [6.07, 6.45) is 0.611. The third kappa shape index (κ3) is 3.16. The van der Waals surface area contributed by atoms with Crippen LogP contribution in [0.3, 0.4) is 0 Å². The maximum absolute atomic E-state index is 10.6. The SMILES string of the molecule is CCC(NCc1ccsc1)C(=O)O. The van der Waals surface area contributed by atoms with Crippen molar-refractivity contribution in [3.05, 3.63) is 22.4 Å². The van der Waals surface area contributed by atoms with Crippen LogP contribution in [-0.4, -0.2) is 17.1 Å². The predicted molar refractivity (Wildman–Crippen MR) is 52.9 cm³/mol. The molecule has 1 aromatic rings. The monoisotopic (exact) mass is 199 g/mol. The van der Waals surface area contributed by atoms with Gasteiger partial charge in [0.15, 0.2) is 0 Å². The molecule has 0 aromatic carbocycles. The van der Waals surface area contributed by atoms with Gasteiger partial charge in [0.2, 0.25) is 0 Å². The molecule has 0 amide bonds. The molecular weight excluding hydrogens is 186 g/mol. The molecule has 2 N–H and O–H groups in total. The highest BCUT2D eigenvalue weighted by molar-refractivity contribution is 7.07. The molecule has 1 unspecified atom stereocenters. The Labute approximate surface area is 81.4 Å². The third-order valence-electron chi connectivity index (χ3n) is 1.84. The van der Waals surface area contributed by atoms with Gasteiger partial charge in [0.25, 0.3) is 0 Å². The highest BCUT2D eigenvalue weighted by Crippen LogP contribution is 2.05. The lowest BCUT2D eigenvalue weighted by Gasteiger charge is -2.10.